The van der Waals surface area contributed by atoms with Crippen LogP contribution in [0.25, 0.3) is 0 Å². The molecule has 1 atom stereocenters. The molecule has 0 spiro atoms. The van der Waals surface area contributed by atoms with Crippen LogP contribution in [-0.4, -0.2) is 47.6 Å². The molecule has 0 bridgehead atoms. The lowest BCUT2D eigenvalue weighted by Gasteiger charge is -2.35. The first kappa shape index (κ1) is 24.3. The van der Waals surface area contributed by atoms with Crippen LogP contribution in [0.4, 0.5) is 5.69 Å². The monoisotopic (exact) mass is 447 g/mol. The highest BCUT2D eigenvalue weighted by atomic mass is 32.1. The van der Waals surface area contributed by atoms with E-state index in [1.165, 1.54) is 0 Å². The molecule has 1 aliphatic heterocycles. The number of rotatable bonds is 8. The van der Waals surface area contributed by atoms with Gasteiger partial charge in [0.2, 0.25) is 5.91 Å². The lowest BCUT2D eigenvalue weighted by molar-refractivity contribution is -0.144. The van der Waals surface area contributed by atoms with Gasteiger partial charge in [-0.25, -0.2) is 4.79 Å². The predicted octanol–water partition coefficient (Wildman–Crippen LogP) is 3.06. The minimum Gasteiger partial charge on any atom is -0.466 e. The van der Waals surface area contributed by atoms with E-state index >= 15 is 0 Å². The smallest absolute Gasteiger partial charge is 0.338 e. The van der Waals surface area contributed by atoms with E-state index < -0.39 is 18.0 Å². The van der Waals surface area contributed by atoms with Crippen LogP contribution < -0.4 is 10.6 Å². The van der Waals surface area contributed by atoms with Gasteiger partial charge in [0.15, 0.2) is 5.11 Å². The first-order valence-electron chi connectivity index (χ1n) is 10.1. The Hall–Kier alpha value is -2.94. The summed E-state index contributed by atoms with van der Waals surface area (Å²) in [6.45, 7) is 7.43. The second-order valence-electron chi connectivity index (χ2n) is 7.37. The van der Waals surface area contributed by atoms with Gasteiger partial charge in [0.1, 0.15) is 0 Å². The number of esters is 2. The summed E-state index contributed by atoms with van der Waals surface area (Å²) in [6.07, 6.45) is -0.182. The van der Waals surface area contributed by atoms with Crippen molar-refractivity contribution in [2.45, 2.75) is 52.7 Å². The molecule has 1 amide bonds. The van der Waals surface area contributed by atoms with Gasteiger partial charge in [0, 0.05) is 24.9 Å². The topological polar surface area (TPSA) is 97.0 Å². The van der Waals surface area contributed by atoms with Gasteiger partial charge in [-0.15, -0.1) is 0 Å². The number of nitrogens with zero attached hydrogens (tertiary/aromatic N) is 1. The maximum Gasteiger partial charge on any atom is 0.338 e. The van der Waals surface area contributed by atoms with E-state index in [1.807, 2.05) is 19.1 Å². The Labute approximate surface area is 188 Å². The third-order valence-corrected chi connectivity index (χ3v) is 5.10. The van der Waals surface area contributed by atoms with Gasteiger partial charge in [-0.3, -0.25) is 9.59 Å². The van der Waals surface area contributed by atoms with Crippen molar-refractivity contribution in [1.82, 2.24) is 10.2 Å². The van der Waals surface area contributed by atoms with E-state index in [4.69, 9.17) is 21.7 Å². The van der Waals surface area contributed by atoms with Crippen molar-refractivity contribution in [1.29, 1.82) is 0 Å². The molecule has 8 nitrogen and oxygen atoms in total. The third-order valence-electron chi connectivity index (χ3n) is 4.71. The summed E-state index contributed by atoms with van der Waals surface area (Å²) >= 11 is 5.40. The van der Waals surface area contributed by atoms with Crippen molar-refractivity contribution in [2.24, 2.45) is 0 Å². The number of hydrogen-bond acceptors (Lipinski definition) is 6. The second-order valence-corrected chi connectivity index (χ2v) is 7.76. The predicted molar refractivity (Wildman–Crippen MR) is 121 cm³/mol. The highest BCUT2D eigenvalue weighted by Gasteiger charge is 2.33. The van der Waals surface area contributed by atoms with Gasteiger partial charge in [-0.1, -0.05) is 12.1 Å². The fourth-order valence-electron chi connectivity index (χ4n) is 3.06. The molecule has 1 aliphatic rings. The van der Waals surface area contributed by atoms with E-state index in [0.717, 1.165) is 11.3 Å². The normalized spacial score (nSPS) is 16.1. The average molecular weight is 448 g/mol. The Morgan fingerprint density at radius 3 is 2.42 bits per heavy atom. The summed E-state index contributed by atoms with van der Waals surface area (Å²) in [6, 6.07) is 6.62. The number of amides is 1. The number of nitrogens with one attached hydrogen (secondary N) is 2. The Kier molecular flexibility index (Phi) is 8.56. The highest BCUT2D eigenvalue weighted by Crippen LogP contribution is 2.31. The molecule has 0 radical (unpaired) electrons. The summed E-state index contributed by atoms with van der Waals surface area (Å²) in [5.74, 6) is -1.09. The van der Waals surface area contributed by atoms with Gasteiger partial charge in [0.05, 0.1) is 30.7 Å². The van der Waals surface area contributed by atoms with Crippen LogP contribution in [-0.2, 0) is 23.9 Å². The molecule has 1 aromatic carbocycles. The minimum absolute atomic E-state index is 0.0279. The molecule has 1 heterocycles. The number of carbonyl (C=O) groups is 3. The largest absolute Gasteiger partial charge is 0.466 e. The fraction of sp³-hybridized carbons (Fsp3) is 0.455. The Morgan fingerprint density at radius 2 is 1.84 bits per heavy atom. The van der Waals surface area contributed by atoms with Gasteiger partial charge >= 0.3 is 11.9 Å². The molecule has 9 heteroatoms. The molecule has 2 rings (SSSR count). The van der Waals surface area contributed by atoms with Crippen molar-refractivity contribution in [3.05, 3.63) is 41.1 Å². The number of benzene rings is 1. The van der Waals surface area contributed by atoms with Crippen LogP contribution in [0.5, 0.6) is 0 Å². The minimum atomic E-state index is -0.469. The number of thiocarbonyl (C=S) groups is 1. The zero-order chi connectivity index (χ0) is 23.1. The van der Waals surface area contributed by atoms with Crippen molar-refractivity contribution >= 4 is 40.9 Å². The summed E-state index contributed by atoms with van der Waals surface area (Å²) in [5.41, 5.74) is 2.59. The van der Waals surface area contributed by atoms with Gasteiger partial charge < -0.3 is 25.0 Å². The van der Waals surface area contributed by atoms with Crippen LogP contribution in [0.2, 0.25) is 0 Å². The van der Waals surface area contributed by atoms with Crippen molar-refractivity contribution in [3.63, 3.8) is 0 Å². The zero-order valence-corrected chi connectivity index (χ0v) is 19.3. The van der Waals surface area contributed by atoms with Gasteiger partial charge in [-0.2, -0.15) is 0 Å². The number of carbonyl (C=O) groups excluding carboxylic acids is 3. The van der Waals surface area contributed by atoms with Crippen molar-refractivity contribution in [2.75, 3.05) is 19.0 Å². The van der Waals surface area contributed by atoms with E-state index in [1.54, 1.807) is 44.9 Å². The quantitative estimate of drug-likeness (QED) is 0.464. The van der Waals surface area contributed by atoms with Crippen LogP contribution in [0.1, 0.15) is 52.1 Å². The number of allylic oxidation sites excluding steroid dienone is 1. The van der Waals surface area contributed by atoms with Crippen molar-refractivity contribution < 1.29 is 23.9 Å². The summed E-state index contributed by atoms with van der Waals surface area (Å²) in [5, 5.41) is 6.43. The fourth-order valence-corrected chi connectivity index (χ4v) is 3.31. The van der Waals surface area contributed by atoms with Crippen LogP contribution in [0.3, 0.4) is 0 Å². The zero-order valence-electron chi connectivity index (χ0n) is 18.5. The number of ether oxygens (including phenoxy) is 2. The maximum atomic E-state index is 12.8. The SMILES string of the molecule is CCOC(=O)CCC(=O)Nc1ccc(C2NC(=S)N(C)C(C)=C2C(=O)OC(C)C)cc1. The standard InChI is InChI=1S/C22H29N3O5S/c1-6-29-18(27)12-11-17(26)23-16-9-7-15(8-10-16)20-19(21(28)30-13(2)3)14(4)25(5)22(31)24-20/h7-10,13,20H,6,11-12H2,1-5H3,(H,23,26)(H,24,31). The highest BCUT2D eigenvalue weighted by molar-refractivity contribution is 7.80. The summed E-state index contributed by atoms with van der Waals surface area (Å²) in [4.78, 5) is 37.9. The van der Waals surface area contributed by atoms with E-state index in [9.17, 15) is 14.4 Å². The average Bonchev–Trinajstić information content (AvgIpc) is 2.70. The number of anilines is 1. The second kappa shape index (κ2) is 10.9. The molecule has 0 saturated carbocycles. The molecule has 1 aromatic rings. The lowest BCUT2D eigenvalue weighted by atomic mass is 9.95. The summed E-state index contributed by atoms with van der Waals surface area (Å²) < 4.78 is 10.3. The first-order valence-corrected chi connectivity index (χ1v) is 10.6. The van der Waals surface area contributed by atoms with Crippen molar-refractivity contribution in [3.8, 4) is 0 Å². The van der Waals surface area contributed by atoms with Gasteiger partial charge in [0.25, 0.3) is 0 Å². The molecule has 0 aliphatic carbocycles. The Balaban J connectivity index is 2.15. The number of hydrogen-bond donors (Lipinski definition) is 2. The molecule has 31 heavy (non-hydrogen) atoms. The molecule has 0 fully saturated rings. The maximum absolute atomic E-state index is 12.8. The third kappa shape index (κ3) is 6.52. The van der Waals surface area contributed by atoms with E-state index in [0.29, 0.717) is 16.4 Å². The molecule has 1 unspecified atom stereocenters. The molecule has 2 N–H and O–H groups in total. The van der Waals surface area contributed by atoms with Crippen LogP contribution >= 0.6 is 12.2 Å². The van der Waals surface area contributed by atoms with E-state index in [2.05, 4.69) is 10.6 Å². The molecular weight excluding hydrogens is 418 g/mol. The Morgan fingerprint density at radius 1 is 1.19 bits per heavy atom. The molecule has 0 saturated heterocycles. The van der Waals surface area contributed by atoms with Crippen LogP contribution in [0.15, 0.2) is 35.5 Å². The van der Waals surface area contributed by atoms with E-state index in [-0.39, 0.29) is 31.5 Å². The van der Waals surface area contributed by atoms with Gasteiger partial charge in [-0.05, 0) is 57.6 Å². The molecular formula is C22H29N3O5S. The Bertz CT molecular complexity index is 880. The lowest BCUT2D eigenvalue weighted by Crippen LogP contribution is -2.46. The summed E-state index contributed by atoms with van der Waals surface area (Å²) in [7, 11) is 1.79. The molecule has 168 valence electrons. The van der Waals surface area contributed by atoms with Crippen LogP contribution in [0, 0.1) is 0 Å². The first-order chi connectivity index (χ1) is 14.6. The molecule has 0 aromatic heterocycles.